The van der Waals surface area contributed by atoms with E-state index in [-0.39, 0.29) is 19.1 Å². The summed E-state index contributed by atoms with van der Waals surface area (Å²) >= 11 is 0. The lowest BCUT2D eigenvalue weighted by Gasteiger charge is -2.19. The Bertz CT molecular complexity index is 1570. The molecule has 12 nitrogen and oxygen atoms in total. The summed E-state index contributed by atoms with van der Waals surface area (Å²) in [6.45, 7) is 2.94. The van der Waals surface area contributed by atoms with Crippen molar-refractivity contribution in [1.82, 2.24) is 34.9 Å². The maximum atomic E-state index is 12.8. The molecule has 0 radical (unpaired) electrons. The van der Waals surface area contributed by atoms with Gasteiger partial charge in [0.15, 0.2) is 17.1 Å². The molecule has 0 atom stereocenters. The number of hydrogen-bond donors (Lipinski definition) is 0. The van der Waals surface area contributed by atoms with Crippen molar-refractivity contribution in [3.63, 3.8) is 0 Å². The van der Waals surface area contributed by atoms with Crippen molar-refractivity contribution in [3.8, 4) is 17.4 Å². The zero-order valence-electron chi connectivity index (χ0n) is 20.7. The maximum Gasteiger partial charge on any atom is 0.255 e. The van der Waals surface area contributed by atoms with Crippen molar-refractivity contribution >= 4 is 22.3 Å². The Balaban J connectivity index is 1.26. The Morgan fingerprint density at radius 3 is 2.79 bits per heavy atom. The Hall–Kier alpha value is -4.42. The van der Waals surface area contributed by atoms with E-state index in [0.29, 0.717) is 66.4 Å². The van der Waals surface area contributed by atoms with Gasteiger partial charge in [-0.25, -0.2) is 0 Å². The Morgan fingerprint density at radius 2 is 1.95 bits per heavy atom. The molecule has 6 rings (SSSR count). The number of rotatable bonds is 7. The first-order valence-electron chi connectivity index (χ1n) is 12.2. The van der Waals surface area contributed by atoms with Crippen LogP contribution < -0.4 is 4.74 Å². The van der Waals surface area contributed by atoms with E-state index in [1.54, 1.807) is 40.9 Å². The molecule has 0 N–H and O–H groups in total. The minimum Gasteiger partial charge on any atom is -0.470 e. The van der Waals surface area contributed by atoms with Gasteiger partial charge in [0.1, 0.15) is 13.2 Å². The molecular weight excluding hydrogens is 490 g/mol. The Kier molecular flexibility index (Phi) is 6.63. The minimum absolute atomic E-state index is 0.0461. The van der Waals surface area contributed by atoms with Gasteiger partial charge in [-0.05, 0) is 24.6 Å². The number of methoxy groups -OCH3 is 1. The highest BCUT2D eigenvalue weighted by molar-refractivity contribution is 5.97. The zero-order valence-corrected chi connectivity index (χ0v) is 20.7. The third-order valence-corrected chi connectivity index (χ3v) is 6.24. The van der Waals surface area contributed by atoms with Crippen LogP contribution in [0.3, 0.4) is 0 Å². The summed E-state index contributed by atoms with van der Waals surface area (Å²) < 4.78 is 23.6. The number of aromatic nitrogens is 6. The molecule has 5 aromatic rings. The summed E-state index contributed by atoms with van der Waals surface area (Å²) in [4.78, 5) is 19.1. The van der Waals surface area contributed by atoms with E-state index in [0.717, 1.165) is 17.2 Å². The molecule has 194 valence electrons. The number of amides is 1. The van der Waals surface area contributed by atoms with Crippen LogP contribution in [0.4, 0.5) is 0 Å². The highest BCUT2D eigenvalue weighted by Gasteiger charge is 2.20. The molecule has 0 saturated carbocycles. The van der Waals surface area contributed by atoms with Gasteiger partial charge in [0.05, 0.1) is 17.9 Å². The fourth-order valence-corrected chi connectivity index (χ4v) is 4.36. The van der Waals surface area contributed by atoms with Crippen LogP contribution in [-0.2, 0) is 22.7 Å². The fraction of sp³-hybridized carbons (Fsp3) is 0.308. The summed E-state index contributed by atoms with van der Waals surface area (Å²) in [7, 11) is 1.58. The van der Waals surface area contributed by atoms with Crippen LogP contribution in [-0.4, -0.2) is 74.2 Å². The van der Waals surface area contributed by atoms with Gasteiger partial charge in [0, 0.05) is 49.8 Å². The zero-order chi connectivity index (χ0) is 25.9. The summed E-state index contributed by atoms with van der Waals surface area (Å²) in [6, 6.07) is 13.0. The number of carbonyl (C=O) groups is 1. The van der Waals surface area contributed by atoms with Crippen LogP contribution in [0.15, 0.2) is 53.2 Å². The number of ether oxygens (including phenoxy) is 3. The van der Waals surface area contributed by atoms with Gasteiger partial charge in [-0.15, -0.1) is 15.3 Å². The number of carbonyl (C=O) groups excluding carboxylic acids is 1. The van der Waals surface area contributed by atoms with Gasteiger partial charge in [0.2, 0.25) is 11.7 Å². The van der Waals surface area contributed by atoms with Gasteiger partial charge in [-0.2, -0.15) is 4.52 Å². The number of nitrogens with zero attached hydrogens (tertiary/aromatic N) is 7. The van der Waals surface area contributed by atoms with Crippen LogP contribution in [0.25, 0.3) is 27.9 Å². The molecule has 38 heavy (non-hydrogen) atoms. The van der Waals surface area contributed by atoms with Crippen molar-refractivity contribution in [2.45, 2.75) is 19.6 Å². The smallest absolute Gasteiger partial charge is 0.255 e. The van der Waals surface area contributed by atoms with Gasteiger partial charge < -0.3 is 23.6 Å². The second-order valence-electron chi connectivity index (χ2n) is 8.81. The third kappa shape index (κ3) is 4.66. The summed E-state index contributed by atoms with van der Waals surface area (Å²) in [5, 5.41) is 19.0. The number of hydrogen-bond acceptors (Lipinski definition) is 10. The van der Waals surface area contributed by atoms with Crippen molar-refractivity contribution in [1.29, 1.82) is 0 Å². The predicted octanol–water partition coefficient (Wildman–Crippen LogP) is 2.92. The van der Waals surface area contributed by atoms with Crippen molar-refractivity contribution in [3.05, 3.63) is 65.7 Å². The third-order valence-electron chi connectivity index (χ3n) is 6.24. The maximum absolute atomic E-state index is 12.8. The lowest BCUT2D eigenvalue weighted by atomic mass is 10.2. The first kappa shape index (κ1) is 23.9. The van der Waals surface area contributed by atoms with E-state index in [1.165, 1.54) is 0 Å². The van der Waals surface area contributed by atoms with Crippen LogP contribution in [0.5, 0.6) is 5.88 Å². The molecule has 12 heteroatoms. The van der Waals surface area contributed by atoms with Gasteiger partial charge in [0.25, 0.3) is 5.91 Å². The Labute approximate surface area is 217 Å². The van der Waals surface area contributed by atoms with Crippen LogP contribution in [0.2, 0.25) is 0 Å². The second kappa shape index (κ2) is 10.5. The largest absolute Gasteiger partial charge is 0.470 e. The molecule has 1 aliphatic rings. The highest BCUT2D eigenvalue weighted by atomic mass is 16.5. The normalized spacial score (nSPS) is 14.2. The molecule has 1 amide bonds. The molecule has 1 fully saturated rings. The minimum atomic E-state index is -0.0461. The fourth-order valence-electron chi connectivity index (χ4n) is 4.36. The predicted molar refractivity (Wildman–Crippen MR) is 134 cm³/mol. The van der Waals surface area contributed by atoms with Crippen LogP contribution >= 0.6 is 0 Å². The average molecular weight is 516 g/mol. The first-order valence-corrected chi connectivity index (χ1v) is 12.2. The SMILES string of the molecule is COCc1cc(-c2nnc3c4ccccc4c(OCc4ccc(C(=O)N5CCCOCC5)cn4)nn23)no1. The molecule has 0 aliphatic carbocycles. The summed E-state index contributed by atoms with van der Waals surface area (Å²) in [5.41, 5.74) is 2.25. The molecule has 1 aromatic carbocycles. The van der Waals surface area contributed by atoms with Gasteiger partial charge >= 0.3 is 0 Å². The van der Waals surface area contributed by atoms with Crippen LogP contribution in [0, 0.1) is 0 Å². The van der Waals surface area contributed by atoms with Gasteiger partial charge in [-0.3, -0.25) is 9.78 Å². The van der Waals surface area contributed by atoms with E-state index in [9.17, 15) is 4.79 Å². The number of fused-ring (bicyclic) bond motifs is 3. The second-order valence-corrected chi connectivity index (χ2v) is 8.81. The van der Waals surface area contributed by atoms with Crippen LogP contribution in [0.1, 0.15) is 28.2 Å². The van der Waals surface area contributed by atoms with E-state index in [2.05, 4.69) is 25.4 Å². The first-order chi connectivity index (χ1) is 18.7. The Morgan fingerprint density at radius 1 is 1.05 bits per heavy atom. The summed E-state index contributed by atoms with van der Waals surface area (Å²) in [6.07, 6.45) is 2.41. The average Bonchev–Trinajstić information content (AvgIpc) is 3.50. The molecule has 1 saturated heterocycles. The van der Waals surface area contributed by atoms with Gasteiger partial charge in [-0.1, -0.05) is 23.4 Å². The number of benzene rings is 1. The molecule has 0 unspecified atom stereocenters. The molecule has 4 aromatic heterocycles. The molecule has 0 bridgehead atoms. The van der Waals surface area contributed by atoms with Crippen molar-refractivity contribution in [2.24, 2.45) is 0 Å². The standard InChI is InChI=1S/C26H25N7O5/c1-35-16-19-13-22(31-38-19)24-29-28-23-20-5-2-3-6-21(20)25(30-33(23)24)37-15-18-8-7-17(14-27-18)26(34)32-9-4-11-36-12-10-32/h2-3,5-8,13-14H,4,9-12,15-16H2,1H3. The highest BCUT2D eigenvalue weighted by Crippen LogP contribution is 2.29. The molecule has 0 spiro atoms. The lowest BCUT2D eigenvalue weighted by molar-refractivity contribution is 0.0741. The quantitative estimate of drug-likeness (QED) is 0.319. The monoisotopic (exact) mass is 515 g/mol. The summed E-state index contributed by atoms with van der Waals surface area (Å²) in [5.74, 6) is 1.33. The van der Waals surface area contributed by atoms with E-state index >= 15 is 0 Å². The van der Waals surface area contributed by atoms with Crippen molar-refractivity contribution in [2.75, 3.05) is 33.4 Å². The number of pyridine rings is 1. The molecule has 1 aliphatic heterocycles. The lowest BCUT2D eigenvalue weighted by Crippen LogP contribution is -2.33. The van der Waals surface area contributed by atoms with Crippen molar-refractivity contribution < 1.29 is 23.5 Å². The molecule has 5 heterocycles. The van der Waals surface area contributed by atoms with E-state index in [1.807, 2.05) is 24.3 Å². The van der Waals surface area contributed by atoms with E-state index in [4.69, 9.17) is 18.7 Å². The molecular formula is C26H25N7O5. The topological polar surface area (TPSA) is 130 Å². The van der Waals surface area contributed by atoms with E-state index < -0.39 is 0 Å².